The minimum absolute atomic E-state index is 0.0121. The van der Waals surface area contributed by atoms with Crippen LogP contribution in [0.3, 0.4) is 0 Å². The molecule has 0 unspecified atom stereocenters. The van der Waals surface area contributed by atoms with Crippen LogP contribution in [0.5, 0.6) is 5.75 Å². The van der Waals surface area contributed by atoms with E-state index < -0.39 is 11.7 Å². The molecule has 0 bridgehead atoms. The first-order valence-corrected chi connectivity index (χ1v) is 5.03. The number of rotatable bonds is 3. The molecule has 0 aliphatic carbocycles. The van der Waals surface area contributed by atoms with Crippen LogP contribution >= 0.6 is 0 Å². The second-order valence-corrected chi connectivity index (χ2v) is 3.84. The normalized spacial score (nSPS) is 11.1. The summed E-state index contributed by atoms with van der Waals surface area (Å²) in [5.41, 5.74) is 5.77. The molecule has 0 aliphatic heterocycles. The lowest BCUT2D eigenvalue weighted by Crippen LogP contribution is -2.06. The van der Waals surface area contributed by atoms with Crippen molar-refractivity contribution in [1.29, 1.82) is 0 Å². The van der Waals surface area contributed by atoms with Crippen molar-refractivity contribution in [2.75, 3.05) is 12.3 Å². The van der Waals surface area contributed by atoms with E-state index in [0.717, 1.165) is 17.7 Å². The summed E-state index contributed by atoms with van der Waals surface area (Å²) in [5, 5.41) is 0. The van der Waals surface area contributed by atoms with Gasteiger partial charge >= 0.3 is 6.18 Å². The number of nitrogens with two attached hydrogens (primary N) is 1. The number of allylic oxidation sites excluding steroid dienone is 1. The van der Waals surface area contributed by atoms with Crippen LogP contribution in [-0.2, 0) is 6.18 Å². The summed E-state index contributed by atoms with van der Waals surface area (Å²) in [5.74, 6) is 0.260. The fourth-order valence-electron chi connectivity index (χ4n) is 1.15. The number of benzene rings is 1. The monoisotopic (exact) mass is 245 g/mol. The Hall–Kier alpha value is -1.65. The largest absolute Gasteiger partial charge is 0.487 e. The molecule has 1 aromatic rings. The van der Waals surface area contributed by atoms with E-state index in [2.05, 4.69) is 0 Å². The number of ether oxygens (including phenoxy) is 1. The van der Waals surface area contributed by atoms with Gasteiger partial charge in [-0.3, -0.25) is 0 Å². The molecule has 0 heterocycles. The fourth-order valence-corrected chi connectivity index (χ4v) is 1.15. The standard InChI is InChI=1S/C12H14F3NO/c1-8(2)5-6-17-11-4-3-9(7-10(11)16)12(13,14)15/h3-5,7H,6,16H2,1-2H3. The molecule has 0 fully saturated rings. The molecule has 17 heavy (non-hydrogen) atoms. The summed E-state index contributed by atoms with van der Waals surface area (Å²) in [6.07, 6.45) is -2.57. The van der Waals surface area contributed by atoms with Gasteiger partial charge in [0.1, 0.15) is 12.4 Å². The summed E-state index contributed by atoms with van der Waals surface area (Å²) in [6.45, 7) is 4.09. The maximum absolute atomic E-state index is 12.4. The molecule has 0 atom stereocenters. The van der Waals surface area contributed by atoms with E-state index in [-0.39, 0.29) is 18.0 Å². The van der Waals surface area contributed by atoms with Crippen molar-refractivity contribution in [2.45, 2.75) is 20.0 Å². The van der Waals surface area contributed by atoms with E-state index in [1.54, 1.807) is 0 Å². The number of halogens is 3. The molecule has 0 amide bonds. The van der Waals surface area contributed by atoms with Crippen LogP contribution < -0.4 is 10.5 Å². The molecular formula is C12H14F3NO. The van der Waals surface area contributed by atoms with Gasteiger partial charge in [-0.2, -0.15) is 13.2 Å². The second-order valence-electron chi connectivity index (χ2n) is 3.84. The molecule has 2 nitrogen and oxygen atoms in total. The van der Waals surface area contributed by atoms with E-state index in [1.165, 1.54) is 6.07 Å². The molecule has 0 aliphatic rings. The zero-order valence-electron chi connectivity index (χ0n) is 9.64. The van der Waals surface area contributed by atoms with Crippen molar-refractivity contribution in [2.24, 2.45) is 0 Å². The Balaban J connectivity index is 2.80. The smallest absolute Gasteiger partial charge is 0.416 e. The Morgan fingerprint density at radius 1 is 1.35 bits per heavy atom. The molecular weight excluding hydrogens is 231 g/mol. The van der Waals surface area contributed by atoms with Gasteiger partial charge in [-0.25, -0.2) is 0 Å². The quantitative estimate of drug-likeness (QED) is 0.652. The third-order valence-corrected chi connectivity index (χ3v) is 2.07. The minimum atomic E-state index is -4.38. The van der Waals surface area contributed by atoms with Crippen molar-refractivity contribution in [3.63, 3.8) is 0 Å². The van der Waals surface area contributed by atoms with Crippen LogP contribution in [0, 0.1) is 0 Å². The maximum Gasteiger partial charge on any atom is 0.416 e. The first-order valence-electron chi connectivity index (χ1n) is 5.03. The maximum atomic E-state index is 12.4. The summed E-state index contributed by atoms with van der Waals surface area (Å²) in [4.78, 5) is 0. The van der Waals surface area contributed by atoms with Crippen molar-refractivity contribution in [3.05, 3.63) is 35.4 Å². The Labute approximate surface area is 97.9 Å². The summed E-state index contributed by atoms with van der Waals surface area (Å²) >= 11 is 0. The number of anilines is 1. The topological polar surface area (TPSA) is 35.2 Å². The lowest BCUT2D eigenvalue weighted by Gasteiger charge is -2.11. The molecule has 0 radical (unpaired) electrons. The van der Waals surface area contributed by atoms with Gasteiger partial charge in [0.25, 0.3) is 0 Å². The fraction of sp³-hybridized carbons (Fsp3) is 0.333. The molecule has 0 saturated carbocycles. The predicted octanol–water partition coefficient (Wildman–Crippen LogP) is 3.63. The summed E-state index contributed by atoms with van der Waals surface area (Å²) < 4.78 is 42.3. The first-order chi connectivity index (χ1) is 7.80. The van der Waals surface area contributed by atoms with Crippen LogP contribution in [0.2, 0.25) is 0 Å². The van der Waals surface area contributed by atoms with Crippen LogP contribution in [0.25, 0.3) is 0 Å². The number of nitrogen functional groups attached to an aromatic ring is 1. The van der Waals surface area contributed by atoms with Gasteiger partial charge in [0.2, 0.25) is 0 Å². The first kappa shape index (κ1) is 13.4. The molecule has 0 saturated heterocycles. The summed E-state index contributed by atoms with van der Waals surface area (Å²) in [7, 11) is 0. The Morgan fingerprint density at radius 3 is 2.47 bits per heavy atom. The van der Waals surface area contributed by atoms with Gasteiger partial charge in [-0.15, -0.1) is 0 Å². The highest BCUT2D eigenvalue weighted by atomic mass is 19.4. The Kier molecular flexibility index (Phi) is 4.04. The highest BCUT2D eigenvalue weighted by Gasteiger charge is 2.30. The molecule has 2 N–H and O–H groups in total. The highest BCUT2D eigenvalue weighted by molar-refractivity contribution is 5.54. The van der Waals surface area contributed by atoms with E-state index in [4.69, 9.17) is 10.5 Å². The average molecular weight is 245 g/mol. The van der Waals surface area contributed by atoms with Crippen LogP contribution in [-0.4, -0.2) is 6.61 Å². The number of alkyl halides is 3. The van der Waals surface area contributed by atoms with E-state index in [0.29, 0.717) is 0 Å². The zero-order chi connectivity index (χ0) is 13.1. The van der Waals surface area contributed by atoms with Gasteiger partial charge in [0, 0.05) is 0 Å². The van der Waals surface area contributed by atoms with E-state index in [9.17, 15) is 13.2 Å². The second kappa shape index (κ2) is 5.12. The van der Waals surface area contributed by atoms with E-state index in [1.807, 2.05) is 19.9 Å². The van der Waals surface area contributed by atoms with Crippen molar-refractivity contribution in [1.82, 2.24) is 0 Å². The Bertz CT molecular complexity index is 420. The molecule has 1 aromatic carbocycles. The predicted molar refractivity (Wildman–Crippen MR) is 60.8 cm³/mol. The molecule has 1 rings (SSSR count). The van der Waals surface area contributed by atoms with Crippen molar-refractivity contribution >= 4 is 5.69 Å². The Morgan fingerprint density at radius 2 is 2.00 bits per heavy atom. The van der Waals surface area contributed by atoms with Gasteiger partial charge in [-0.1, -0.05) is 5.57 Å². The lowest BCUT2D eigenvalue weighted by molar-refractivity contribution is -0.137. The van der Waals surface area contributed by atoms with Crippen LogP contribution in [0.1, 0.15) is 19.4 Å². The van der Waals surface area contributed by atoms with Crippen LogP contribution in [0.4, 0.5) is 18.9 Å². The van der Waals surface area contributed by atoms with Gasteiger partial charge in [0.05, 0.1) is 11.3 Å². The van der Waals surface area contributed by atoms with Crippen molar-refractivity contribution in [3.8, 4) is 5.75 Å². The van der Waals surface area contributed by atoms with E-state index >= 15 is 0 Å². The molecule has 0 spiro atoms. The van der Waals surface area contributed by atoms with Crippen molar-refractivity contribution < 1.29 is 17.9 Å². The minimum Gasteiger partial charge on any atom is -0.487 e. The average Bonchev–Trinajstić information content (AvgIpc) is 2.18. The third-order valence-electron chi connectivity index (χ3n) is 2.07. The molecule has 94 valence electrons. The SMILES string of the molecule is CC(C)=CCOc1ccc(C(F)(F)F)cc1N. The number of hydrogen-bond acceptors (Lipinski definition) is 2. The van der Waals surface area contributed by atoms with Gasteiger partial charge in [-0.05, 0) is 38.1 Å². The summed E-state index contributed by atoms with van der Waals surface area (Å²) in [6, 6.07) is 3.06. The van der Waals surface area contributed by atoms with Gasteiger partial charge in [0.15, 0.2) is 0 Å². The zero-order valence-corrected chi connectivity index (χ0v) is 9.64. The molecule has 0 aromatic heterocycles. The lowest BCUT2D eigenvalue weighted by atomic mass is 10.2. The highest BCUT2D eigenvalue weighted by Crippen LogP contribution is 2.33. The number of hydrogen-bond donors (Lipinski definition) is 1. The van der Waals surface area contributed by atoms with Crippen LogP contribution in [0.15, 0.2) is 29.8 Å². The third kappa shape index (κ3) is 4.01. The molecule has 5 heteroatoms. The van der Waals surface area contributed by atoms with Gasteiger partial charge < -0.3 is 10.5 Å².